The van der Waals surface area contributed by atoms with Crippen molar-refractivity contribution in [3.8, 4) is 0 Å². The molecule has 0 aliphatic carbocycles. The number of nitrogens with zero attached hydrogens (tertiary/aromatic N) is 1. The normalized spacial score (nSPS) is 10.5. The van der Waals surface area contributed by atoms with Crippen LogP contribution >= 0.6 is 0 Å². The first-order valence-electron chi connectivity index (χ1n) is 6.63. The van der Waals surface area contributed by atoms with Crippen LogP contribution in [0, 0.1) is 5.92 Å². The number of anilines is 1. The second-order valence-corrected chi connectivity index (χ2v) is 4.73. The second-order valence-electron chi connectivity index (χ2n) is 4.73. The maximum absolute atomic E-state index is 11.4. The van der Waals surface area contributed by atoms with Crippen LogP contribution in [-0.4, -0.2) is 37.7 Å². The third-order valence-electron chi connectivity index (χ3n) is 2.63. The highest BCUT2D eigenvalue weighted by Gasteiger charge is 2.04. The summed E-state index contributed by atoms with van der Waals surface area (Å²) in [5.74, 6) is 0.486. The molecular formula is C14H23N3O2. The molecule has 106 valence electrons. The molecular weight excluding hydrogens is 242 g/mol. The number of hydrogen-bond donors (Lipinski definition) is 2. The highest BCUT2D eigenvalue weighted by atomic mass is 16.5. The summed E-state index contributed by atoms with van der Waals surface area (Å²) in [6.45, 7) is 6.52. The highest BCUT2D eigenvalue weighted by Crippen LogP contribution is 2.07. The maximum Gasteiger partial charge on any atom is 0.269 e. The summed E-state index contributed by atoms with van der Waals surface area (Å²) in [4.78, 5) is 15.4. The number of pyridine rings is 1. The average molecular weight is 265 g/mol. The van der Waals surface area contributed by atoms with Crippen molar-refractivity contribution in [2.75, 3.05) is 32.1 Å². The van der Waals surface area contributed by atoms with Crippen LogP contribution in [0.4, 0.5) is 5.69 Å². The standard InChI is InChI=1S/C14H23N3O2/c1-11(2)5-8-19-9-7-16-12-4-6-17-13(10-12)14(18)15-3/h4,6,10-11H,5,7-9H2,1-3H3,(H,15,18)(H,16,17). The van der Waals surface area contributed by atoms with E-state index in [9.17, 15) is 4.79 Å². The van der Waals surface area contributed by atoms with Gasteiger partial charge >= 0.3 is 0 Å². The van der Waals surface area contributed by atoms with Crippen LogP contribution in [0.15, 0.2) is 18.3 Å². The van der Waals surface area contributed by atoms with Crippen LogP contribution in [0.1, 0.15) is 30.8 Å². The van der Waals surface area contributed by atoms with E-state index in [0.717, 1.165) is 25.3 Å². The SMILES string of the molecule is CNC(=O)c1cc(NCCOCCC(C)C)ccn1. The number of nitrogens with one attached hydrogen (secondary N) is 2. The van der Waals surface area contributed by atoms with E-state index in [0.29, 0.717) is 18.2 Å². The molecule has 0 atom stereocenters. The molecule has 5 heteroatoms. The Morgan fingerprint density at radius 1 is 1.42 bits per heavy atom. The Balaban J connectivity index is 2.27. The lowest BCUT2D eigenvalue weighted by atomic mass is 10.1. The smallest absolute Gasteiger partial charge is 0.269 e. The average Bonchev–Trinajstić information content (AvgIpc) is 2.41. The fourth-order valence-corrected chi connectivity index (χ4v) is 1.48. The number of rotatable bonds is 8. The van der Waals surface area contributed by atoms with Gasteiger partial charge in [-0.15, -0.1) is 0 Å². The van der Waals surface area contributed by atoms with Gasteiger partial charge in [0.2, 0.25) is 0 Å². The minimum atomic E-state index is -0.183. The molecule has 1 amide bonds. The maximum atomic E-state index is 11.4. The first kappa shape index (κ1) is 15.4. The van der Waals surface area contributed by atoms with Gasteiger partial charge < -0.3 is 15.4 Å². The number of carbonyl (C=O) groups is 1. The van der Waals surface area contributed by atoms with Crippen molar-refractivity contribution in [2.45, 2.75) is 20.3 Å². The van der Waals surface area contributed by atoms with E-state index in [4.69, 9.17) is 4.74 Å². The molecule has 2 N–H and O–H groups in total. The van der Waals surface area contributed by atoms with Crippen molar-refractivity contribution in [1.29, 1.82) is 0 Å². The Kier molecular flexibility index (Phi) is 6.89. The molecule has 0 aliphatic rings. The van der Waals surface area contributed by atoms with Crippen LogP contribution in [-0.2, 0) is 4.74 Å². The molecule has 0 saturated carbocycles. The molecule has 0 aromatic carbocycles. The van der Waals surface area contributed by atoms with Crippen molar-refractivity contribution in [2.24, 2.45) is 5.92 Å². The van der Waals surface area contributed by atoms with Crippen molar-refractivity contribution in [3.63, 3.8) is 0 Å². The number of carbonyl (C=O) groups excluding carboxylic acids is 1. The van der Waals surface area contributed by atoms with Gasteiger partial charge in [-0.1, -0.05) is 13.8 Å². The Morgan fingerprint density at radius 2 is 2.21 bits per heavy atom. The lowest BCUT2D eigenvalue weighted by Crippen LogP contribution is -2.19. The lowest BCUT2D eigenvalue weighted by molar-refractivity contribution is 0.0958. The van der Waals surface area contributed by atoms with Gasteiger partial charge in [0.15, 0.2) is 0 Å². The van der Waals surface area contributed by atoms with Crippen molar-refractivity contribution in [3.05, 3.63) is 24.0 Å². The van der Waals surface area contributed by atoms with E-state index in [-0.39, 0.29) is 5.91 Å². The number of aromatic nitrogens is 1. The summed E-state index contributed by atoms with van der Waals surface area (Å²) in [6, 6.07) is 3.56. The lowest BCUT2D eigenvalue weighted by Gasteiger charge is -2.09. The Bertz CT molecular complexity index is 394. The van der Waals surface area contributed by atoms with Gasteiger partial charge in [0.25, 0.3) is 5.91 Å². The van der Waals surface area contributed by atoms with Crippen molar-refractivity contribution < 1.29 is 9.53 Å². The molecule has 1 aromatic rings. The number of amides is 1. The first-order valence-corrected chi connectivity index (χ1v) is 6.63. The Morgan fingerprint density at radius 3 is 2.89 bits per heavy atom. The van der Waals surface area contributed by atoms with Gasteiger partial charge in [-0.2, -0.15) is 0 Å². The molecule has 0 saturated heterocycles. The quantitative estimate of drug-likeness (QED) is 0.705. The number of hydrogen-bond acceptors (Lipinski definition) is 4. The van der Waals surface area contributed by atoms with Gasteiger partial charge in [0.1, 0.15) is 5.69 Å². The van der Waals surface area contributed by atoms with Gasteiger partial charge in [0.05, 0.1) is 6.61 Å². The molecule has 0 fully saturated rings. The highest BCUT2D eigenvalue weighted by molar-refractivity contribution is 5.92. The molecule has 1 rings (SSSR count). The fraction of sp³-hybridized carbons (Fsp3) is 0.571. The summed E-state index contributed by atoms with van der Waals surface area (Å²) in [5, 5.41) is 5.76. The minimum Gasteiger partial charge on any atom is -0.383 e. The molecule has 0 spiro atoms. The Hall–Kier alpha value is -1.62. The Labute approximate surface area is 114 Å². The van der Waals surface area contributed by atoms with E-state index in [1.54, 1.807) is 19.3 Å². The zero-order valence-electron chi connectivity index (χ0n) is 11.9. The predicted molar refractivity (Wildman–Crippen MR) is 76.4 cm³/mol. The predicted octanol–water partition coefficient (Wildman–Crippen LogP) is 1.92. The van der Waals surface area contributed by atoms with Crippen molar-refractivity contribution >= 4 is 11.6 Å². The molecule has 1 heterocycles. The summed E-state index contributed by atoms with van der Waals surface area (Å²) in [7, 11) is 1.59. The zero-order valence-corrected chi connectivity index (χ0v) is 11.9. The monoisotopic (exact) mass is 265 g/mol. The van der Waals surface area contributed by atoms with Gasteiger partial charge in [-0.25, -0.2) is 0 Å². The van der Waals surface area contributed by atoms with Gasteiger partial charge in [0, 0.05) is 32.1 Å². The summed E-state index contributed by atoms with van der Waals surface area (Å²) < 4.78 is 5.51. The van der Waals surface area contributed by atoms with E-state index < -0.39 is 0 Å². The summed E-state index contributed by atoms with van der Waals surface area (Å²) >= 11 is 0. The molecule has 19 heavy (non-hydrogen) atoms. The fourth-order valence-electron chi connectivity index (χ4n) is 1.48. The van der Waals surface area contributed by atoms with Crippen LogP contribution in [0.25, 0.3) is 0 Å². The van der Waals surface area contributed by atoms with Crippen LogP contribution in [0.5, 0.6) is 0 Å². The molecule has 0 radical (unpaired) electrons. The van der Waals surface area contributed by atoms with Crippen LogP contribution in [0.3, 0.4) is 0 Å². The topological polar surface area (TPSA) is 63.2 Å². The summed E-state index contributed by atoms with van der Waals surface area (Å²) in [5.41, 5.74) is 1.29. The van der Waals surface area contributed by atoms with E-state index in [1.165, 1.54) is 0 Å². The second kappa shape index (κ2) is 8.48. The number of ether oxygens (including phenoxy) is 1. The molecule has 0 bridgehead atoms. The first-order chi connectivity index (χ1) is 9.13. The molecule has 5 nitrogen and oxygen atoms in total. The van der Waals surface area contributed by atoms with E-state index in [1.807, 2.05) is 6.07 Å². The van der Waals surface area contributed by atoms with E-state index in [2.05, 4.69) is 29.5 Å². The largest absolute Gasteiger partial charge is 0.383 e. The van der Waals surface area contributed by atoms with Gasteiger partial charge in [-0.05, 0) is 24.5 Å². The molecule has 1 aromatic heterocycles. The van der Waals surface area contributed by atoms with E-state index >= 15 is 0 Å². The molecule has 0 aliphatic heterocycles. The summed E-state index contributed by atoms with van der Waals surface area (Å²) in [6.07, 6.45) is 2.70. The van der Waals surface area contributed by atoms with Crippen LogP contribution in [0.2, 0.25) is 0 Å². The molecule has 0 unspecified atom stereocenters. The van der Waals surface area contributed by atoms with Crippen molar-refractivity contribution in [1.82, 2.24) is 10.3 Å². The third-order valence-corrected chi connectivity index (χ3v) is 2.63. The zero-order chi connectivity index (χ0) is 14.1. The minimum absolute atomic E-state index is 0.183. The van der Waals surface area contributed by atoms with Crippen LogP contribution < -0.4 is 10.6 Å². The third kappa shape index (κ3) is 6.20. The van der Waals surface area contributed by atoms with Gasteiger partial charge in [-0.3, -0.25) is 9.78 Å².